The smallest absolute Gasteiger partial charge is 0.397 e. The van der Waals surface area contributed by atoms with E-state index in [9.17, 15) is 14.0 Å². The van der Waals surface area contributed by atoms with Gasteiger partial charge in [-0.2, -0.15) is 4.39 Å². The van der Waals surface area contributed by atoms with E-state index in [4.69, 9.17) is 28.4 Å². The average Bonchev–Trinajstić information content (AvgIpc) is 3.76. The Kier molecular flexibility index (Phi) is 7.40. The van der Waals surface area contributed by atoms with Gasteiger partial charge >= 0.3 is 18.5 Å². The van der Waals surface area contributed by atoms with E-state index in [1.807, 2.05) is 0 Å². The van der Waals surface area contributed by atoms with Gasteiger partial charge in [0.25, 0.3) is 0 Å². The highest BCUT2D eigenvalue weighted by Gasteiger charge is 2.26. The summed E-state index contributed by atoms with van der Waals surface area (Å²) in [4.78, 5) is 23.8. The summed E-state index contributed by atoms with van der Waals surface area (Å²) in [5.74, 6) is 0.371. The minimum absolute atomic E-state index is 0.0763. The lowest BCUT2D eigenvalue weighted by atomic mass is 10.2. The molecule has 0 N–H and O–H groups in total. The van der Waals surface area contributed by atoms with E-state index in [0.29, 0.717) is 25.0 Å². The fraction of sp³-hybridized carbons (Fsp3) is 0.440. The Bertz CT molecular complexity index is 950. The maximum atomic E-state index is 14.9. The number of rotatable bonds is 12. The van der Waals surface area contributed by atoms with Gasteiger partial charge in [-0.15, -0.1) is 0 Å². The molecule has 2 saturated carbocycles. The van der Waals surface area contributed by atoms with Crippen molar-refractivity contribution in [3.8, 4) is 23.0 Å². The molecule has 8 nitrogen and oxygen atoms in total. The molecule has 0 amide bonds. The number of halogens is 1. The van der Waals surface area contributed by atoms with Crippen LogP contribution in [0.4, 0.5) is 4.39 Å². The van der Waals surface area contributed by atoms with E-state index in [2.05, 4.69) is 0 Å². The third-order valence-electron chi connectivity index (χ3n) is 5.51. The second-order valence-corrected chi connectivity index (χ2v) is 8.33. The van der Waals surface area contributed by atoms with Gasteiger partial charge in [0, 0.05) is 0 Å². The summed E-state index contributed by atoms with van der Waals surface area (Å²) in [6.07, 6.45) is 4.25. The number of carbonyl (C=O) groups is 2. The Labute approximate surface area is 196 Å². The van der Waals surface area contributed by atoms with Crippen molar-refractivity contribution in [3.63, 3.8) is 0 Å². The largest absolute Gasteiger partial charge is 0.489 e. The van der Waals surface area contributed by atoms with Crippen LogP contribution in [0.2, 0.25) is 0 Å². The van der Waals surface area contributed by atoms with E-state index in [0.717, 1.165) is 25.7 Å². The molecule has 9 heteroatoms. The monoisotopic (exact) mass is 474 g/mol. The number of esters is 2. The lowest BCUT2D eigenvalue weighted by molar-refractivity contribution is -0.100. The summed E-state index contributed by atoms with van der Waals surface area (Å²) in [7, 11) is 2.55. The van der Waals surface area contributed by atoms with Gasteiger partial charge in [0.1, 0.15) is 0 Å². The van der Waals surface area contributed by atoms with E-state index in [-0.39, 0.29) is 34.1 Å². The lowest BCUT2D eigenvalue weighted by Gasteiger charge is -2.18. The number of alkyl halides is 1. The predicted octanol–water partition coefficient (Wildman–Crippen LogP) is 4.55. The molecule has 2 aromatic rings. The number of hydrogen-bond acceptors (Lipinski definition) is 8. The van der Waals surface area contributed by atoms with Gasteiger partial charge in [0.05, 0.1) is 38.6 Å². The molecule has 4 rings (SSSR count). The summed E-state index contributed by atoms with van der Waals surface area (Å²) in [6, 6.07) is 8.65. The van der Waals surface area contributed by atoms with Gasteiger partial charge < -0.3 is 28.4 Å². The molecule has 0 saturated heterocycles. The molecule has 2 aliphatic rings. The van der Waals surface area contributed by atoms with Crippen LogP contribution in [-0.4, -0.2) is 45.9 Å². The van der Waals surface area contributed by atoms with Crippen LogP contribution < -0.4 is 18.9 Å². The Morgan fingerprint density at radius 3 is 1.53 bits per heavy atom. The Morgan fingerprint density at radius 2 is 1.18 bits per heavy atom. The van der Waals surface area contributed by atoms with E-state index >= 15 is 0 Å². The van der Waals surface area contributed by atoms with E-state index in [1.165, 1.54) is 50.6 Å². The van der Waals surface area contributed by atoms with Gasteiger partial charge in [-0.3, -0.25) is 0 Å². The predicted molar refractivity (Wildman–Crippen MR) is 118 cm³/mol. The molecule has 0 aliphatic heterocycles. The Morgan fingerprint density at radius 1 is 0.765 bits per heavy atom. The Balaban J connectivity index is 1.48. The van der Waals surface area contributed by atoms with Crippen LogP contribution in [0.1, 0.15) is 46.4 Å². The third kappa shape index (κ3) is 6.30. The summed E-state index contributed by atoms with van der Waals surface area (Å²) in [6.45, 7) is -1.33. The number of hydrogen-bond donors (Lipinski definition) is 0. The molecule has 2 aromatic carbocycles. The number of ether oxygens (including phenoxy) is 6. The van der Waals surface area contributed by atoms with Gasteiger partial charge in [0.15, 0.2) is 23.0 Å². The maximum Gasteiger partial charge on any atom is 0.397 e. The van der Waals surface area contributed by atoms with Crippen molar-refractivity contribution in [3.05, 3.63) is 47.5 Å². The normalized spacial score (nSPS) is 14.9. The molecule has 0 bridgehead atoms. The zero-order valence-corrected chi connectivity index (χ0v) is 19.1. The van der Waals surface area contributed by atoms with Crippen molar-refractivity contribution in [1.82, 2.24) is 0 Å². The maximum absolute atomic E-state index is 14.9. The molecule has 0 spiro atoms. The second-order valence-electron chi connectivity index (χ2n) is 8.33. The summed E-state index contributed by atoms with van der Waals surface area (Å²) >= 11 is 0. The molecule has 2 fully saturated rings. The van der Waals surface area contributed by atoms with Crippen LogP contribution >= 0.6 is 0 Å². The van der Waals surface area contributed by atoms with Gasteiger partial charge in [0.2, 0.25) is 0 Å². The molecule has 34 heavy (non-hydrogen) atoms. The minimum atomic E-state index is -2.21. The lowest BCUT2D eigenvalue weighted by Crippen LogP contribution is -2.19. The molecule has 0 radical (unpaired) electrons. The first-order valence-electron chi connectivity index (χ1n) is 11.1. The summed E-state index contributed by atoms with van der Waals surface area (Å²) in [5.41, 5.74) is 0.511. The first-order valence-corrected chi connectivity index (χ1v) is 11.1. The first kappa shape index (κ1) is 23.7. The van der Waals surface area contributed by atoms with Crippen molar-refractivity contribution in [2.75, 3.05) is 27.4 Å². The van der Waals surface area contributed by atoms with Crippen molar-refractivity contribution in [1.29, 1.82) is 0 Å². The van der Waals surface area contributed by atoms with Gasteiger partial charge in [-0.1, -0.05) is 0 Å². The van der Waals surface area contributed by atoms with Crippen LogP contribution in [0.25, 0.3) is 0 Å². The van der Waals surface area contributed by atoms with Gasteiger partial charge in [-0.25, -0.2) is 9.59 Å². The molecule has 0 aromatic heterocycles. The van der Waals surface area contributed by atoms with E-state index in [1.54, 1.807) is 0 Å². The van der Waals surface area contributed by atoms with Gasteiger partial charge in [-0.05, 0) is 73.9 Å². The first-order chi connectivity index (χ1) is 16.5. The number of methoxy groups -OCH3 is 2. The summed E-state index contributed by atoms with van der Waals surface area (Å²) < 4.78 is 46.6. The van der Waals surface area contributed by atoms with Crippen LogP contribution in [0.3, 0.4) is 0 Å². The molecule has 2 aliphatic carbocycles. The van der Waals surface area contributed by atoms with Crippen molar-refractivity contribution in [2.45, 2.75) is 32.2 Å². The topological polar surface area (TPSA) is 89.5 Å². The Hall–Kier alpha value is -3.49. The SMILES string of the molecule is COC(=O)c1ccc(OC(F)Oc2ccc(C(=O)OC)cc2OCC2CC2)c(OCC2CC2)c1. The molecule has 182 valence electrons. The van der Waals surface area contributed by atoms with E-state index < -0.39 is 18.5 Å². The highest BCUT2D eigenvalue weighted by Crippen LogP contribution is 2.36. The minimum Gasteiger partial charge on any atom is -0.489 e. The fourth-order valence-electron chi connectivity index (χ4n) is 3.13. The highest BCUT2D eigenvalue weighted by atomic mass is 19.2. The molecular weight excluding hydrogens is 447 g/mol. The van der Waals surface area contributed by atoms with Crippen molar-refractivity contribution in [2.24, 2.45) is 11.8 Å². The molecular formula is C25H27FO8. The van der Waals surface area contributed by atoms with Crippen LogP contribution in [0.5, 0.6) is 23.0 Å². The van der Waals surface area contributed by atoms with Crippen molar-refractivity contribution < 1.29 is 42.4 Å². The van der Waals surface area contributed by atoms with Crippen molar-refractivity contribution >= 4 is 11.9 Å². The molecule has 0 atom stereocenters. The number of benzene rings is 2. The summed E-state index contributed by atoms with van der Waals surface area (Å²) in [5, 5.41) is 0. The zero-order valence-electron chi connectivity index (χ0n) is 19.1. The van der Waals surface area contributed by atoms with Crippen LogP contribution in [0, 0.1) is 11.8 Å². The highest BCUT2D eigenvalue weighted by molar-refractivity contribution is 5.90. The van der Waals surface area contributed by atoms with Crippen LogP contribution in [-0.2, 0) is 9.47 Å². The third-order valence-corrected chi connectivity index (χ3v) is 5.51. The average molecular weight is 474 g/mol. The molecule has 0 heterocycles. The molecule has 0 unspecified atom stereocenters. The standard InChI is InChI=1S/C25H27FO8/c1-29-23(27)17-7-9-19(21(11-17)31-13-15-3-4-15)33-25(26)34-20-10-8-18(24(28)30-2)12-22(20)32-14-16-5-6-16/h7-12,15-16,25H,3-6,13-14H2,1-2H3. The quantitative estimate of drug-likeness (QED) is 0.327. The zero-order chi connectivity index (χ0) is 24.1. The van der Waals surface area contributed by atoms with Crippen LogP contribution in [0.15, 0.2) is 36.4 Å². The second kappa shape index (κ2) is 10.6. The number of carbonyl (C=O) groups excluding carboxylic acids is 2. The fourth-order valence-corrected chi connectivity index (χ4v) is 3.13.